The highest BCUT2D eigenvalue weighted by Crippen LogP contribution is 2.26. The maximum atomic E-state index is 12.5. The Balaban J connectivity index is 2.04. The highest BCUT2D eigenvalue weighted by atomic mass is 16.3. The summed E-state index contributed by atoms with van der Waals surface area (Å²) in [6, 6.07) is 6.89. The van der Waals surface area contributed by atoms with Crippen LogP contribution in [0, 0.1) is 5.92 Å². The number of amides is 1. The second-order valence-electron chi connectivity index (χ2n) is 5.46. The Morgan fingerprint density at radius 3 is 2.42 bits per heavy atom. The Morgan fingerprint density at radius 2 is 1.79 bits per heavy atom. The van der Waals surface area contributed by atoms with Crippen LogP contribution >= 0.6 is 0 Å². The number of carbonyl (C=O) groups excluding carboxylic acids is 1. The Bertz CT molecular complexity index is 423. The summed E-state index contributed by atoms with van der Waals surface area (Å²) >= 11 is 0. The molecule has 0 atom stereocenters. The van der Waals surface area contributed by atoms with E-state index in [0.29, 0.717) is 0 Å². The number of anilines is 1. The molecule has 1 aliphatic rings. The minimum Gasteiger partial charge on any atom is -0.508 e. The molecule has 1 aliphatic carbocycles. The molecule has 1 N–H and O–H groups in total. The van der Waals surface area contributed by atoms with Crippen molar-refractivity contribution >= 4 is 11.6 Å². The highest BCUT2D eigenvalue weighted by Gasteiger charge is 2.23. The van der Waals surface area contributed by atoms with Crippen molar-refractivity contribution in [2.45, 2.75) is 44.9 Å². The minimum absolute atomic E-state index is 0.146. The molecular weight excluding hydrogens is 238 g/mol. The Morgan fingerprint density at radius 1 is 1.16 bits per heavy atom. The summed E-state index contributed by atoms with van der Waals surface area (Å²) in [6.45, 7) is 0. The van der Waals surface area contributed by atoms with Crippen LogP contribution in [0.15, 0.2) is 24.3 Å². The van der Waals surface area contributed by atoms with Crippen LogP contribution in [0.25, 0.3) is 0 Å². The lowest BCUT2D eigenvalue weighted by Crippen LogP contribution is -2.33. The number of nitrogens with zero attached hydrogens (tertiary/aromatic N) is 1. The predicted octanol–water partition coefficient (Wildman–Crippen LogP) is 3.72. The van der Waals surface area contributed by atoms with Crippen molar-refractivity contribution in [3.63, 3.8) is 0 Å². The van der Waals surface area contributed by atoms with E-state index in [2.05, 4.69) is 0 Å². The number of rotatable bonds is 2. The monoisotopic (exact) mass is 261 g/mol. The molecule has 19 heavy (non-hydrogen) atoms. The van der Waals surface area contributed by atoms with Crippen LogP contribution in [-0.4, -0.2) is 18.1 Å². The summed E-state index contributed by atoms with van der Waals surface area (Å²) < 4.78 is 0. The van der Waals surface area contributed by atoms with E-state index >= 15 is 0 Å². The predicted molar refractivity (Wildman–Crippen MR) is 77.3 cm³/mol. The van der Waals surface area contributed by atoms with Crippen LogP contribution in [0.5, 0.6) is 5.75 Å². The lowest BCUT2D eigenvalue weighted by Gasteiger charge is -2.25. The van der Waals surface area contributed by atoms with Crippen LogP contribution in [0.4, 0.5) is 5.69 Å². The molecule has 0 unspecified atom stereocenters. The van der Waals surface area contributed by atoms with Gasteiger partial charge in [-0.1, -0.05) is 38.2 Å². The van der Waals surface area contributed by atoms with Crippen molar-refractivity contribution in [2.24, 2.45) is 5.92 Å². The fourth-order valence-electron chi connectivity index (χ4n) is 2.81. The van der Waals surface area contributed by atoms with Gasteiger partial charge in [0, 0.05) is 24.7 Å². The maximum absolute atomic E-state index is 12.5. The highest BCUT2D eigenvalue weighted by molar-refractivity contribution is 5.94. The van der Waals surface area contributed by atoms with Gasteiger partial charge in [0.15, 0.2) is 0 Å². The second-order valence-corrected chi connectivity index (χ2v) is 5.46. The van der Waals surface area contributed by atoms with E-state index in [9.17, 15) is 9.90 Å². The Hall–Kier alpha value is -1.51. The van der Waals surface area contributed by atoms with Gasteiger partial charge in [0.1, 0.15) is 5.75 Å². The van der Waals surface area contributed by atoms with Crippen LogP contribution in [0.3, 0.4) is 0 Å². The lowest BCUT2D eigenvalue weighted by atomic mass is 9.90. The van der Waals surface area contributed by atoms with Crippen molar-refractivity contribution in [1.29, 1.82) is 0 Å². The van der Waals surface area contributed by atoms with Crippen molar-refractivity contribution in [3.8, 4) is 5.75 Å². The summed E-state index contributed by atoms with van der Waals surface area (Å²) in [5.74, 6) is 0.537. The Kier molecular flexibility index (Phi) is 4.83. The largest absolute Gasteiger partial charge is 0.508 e. The summed E-state index contributed by atoms with van der Waals surface area (Å²) in [4.78, 5) is 14.2. The third kappa shape index (κ3) is 3.72. The topological polar surface area (TPSA) is 40.5 Å². The average molecular weight is 261 g/mol. The van der Waals surface area contributed by atoms with Gasteiger partial charge in [-0.2, -0.15) is 0 Å². The molecule has 1 saturated carbocycles. The fourth-order valence-corrected chi connectivity index (χ4v) is 2.81. The molecule has 0 spiro atoms. The first-order valence-electron chi connectivity index (χ1n) is 7.25. The van der Waals surface area contributed by atoms with E-state index in [-0.39, 0.29) is 17.6 Å². The third-order valence-corrected chi connectivity index (χ3v) is 4.00. The molecule has 1 aromatic rings. The van der Waals surface area contributed by atoms with Crippen LogP contribution in [0.2, 0.25) is 0 Å². The number of hydrogen-bond donors (Lipinski definition) is 1. The Labute approximate surface area is 115 Å². The van der Waals surface area contributed by atoms with Crippen LogP contribution in [0.1, 0.15) is 44.9 Å². The normalized spacial score (nSPS) is 17.5. The molecule has 2 rings (SSSR count). The molecule has 0 bridgehead atoms. The van der Waals surface area contributed by atoms with Crippen molar-refractivity contribution in [2.75, 3.05) is 11.9 Å². The van der Waals surface area contributed by atoms with E-state index in [0.717, 1.165) is 31.4 Å². The van der Waals surface area contributed by atoms with Gasteiger partial charge < -0.3 is 10.0 Å². The zero-order valence-electron chi connectivity index (χ0n) is 11.6. The number of aromatic hydroxyl groups is 1. The number of carbonyl (C=O) groups is 1. The molecule has 0 heterocycles. The second kappa shape index (κ2) is 6.60. The molecule has 1 amide bonds. The minimum atomic E-state index is 0.146. The molecule has 0 saturated heterocycles. The van der Waals surface area contributed by atoms with E-state index in [1.54, 1.807) is 30.1 Å². The van der Waals surface area contributed by atoms with Gasteiger partial charge in [-0.25, -0.2) is 0 Å². The molecule has 0 aliphatic heterocycles. The first-order chi connectivity index (χ1) is 9.18. The fraction of sp³-hybridized carbons (Fsp3) is 0.562. The van der Waals surface area contributed by atoms with E-state index in [1.807, 2.05) is 6.07 Å². The van der Waals surface area contributed by atoms with Gasteiger partial charge in [-0.3, -0.25) is 4.79 Å². The van der Waals surface area contributed by atoms with Crippen molar-refractivity contribution < 1.29 is 9.90 Å². The number of phenolic OH excluding ortho intramolecular Hbond substituents is 1. The van der Waals surface area contributed by atoms with Gasteiger partial charge in [0.05, 0.1) is 0 Å². The van der Waals surface area contributed by atoms with Gasteiger partial charge in [0.25, 0.3) is 0 Å². The van der Waals surface area contributed by atoms with Gasteiger partial charge >= 0.3 is 0 Å². The van der Waals surface area contributed by atoms with E-state index in [4.69, 9.17) is 0 Å². The molecule has 3 heteroatoms. The van der Waals surface area contributed by atoms with Crippen molar-refractivity contribution in [3.05, 3.63) is 24.3 Å². The molecule has 1 fully saturated rings. The van der Waals surface area contributed by atoms with Gasteiger partial charge in [-0.05, 0) is 25.0 Å². The summed E-state index contributed by atoms with van der Waals surface area (Å²) in [7, 11) is 1.80. The standard InChI is InChI=1S/C16H23NO2/c1-17(14-10-7-11-15(18)12-14)16(19)13-8-5-3-2-4-6-9-13/h7,10-13,18H,2-6,8-9H2,1H3. The van der Waals surface area contributed by atoms with Gasteiger partial charge in [-0.15, -0.1) is 0 Å². The van der Waals surface area contributed by atoms with Gasteiger partial charge in [0.2, 0.25) is 5.91 Å². The van der Waals surface area contributed by atoms with Crippen LogP contribution in [-0.2, 0) is 4.79 Å². The van der Waals surface area contributed by atoms with Crippen LogP contribution < -0.4 is 4.90 Å². The first kappa shape index (κ1) is 13.9. The lowest BCUT2D eigenvalue weighted by molar-refractivity contribution is -0.122. The molecule has 0 radical (unpaired) electrons. The number of benzene rings is 1. The smallest absolute Gasteiger partial charge is 0.229 e. The van der Waals surface area contributed by atoms with Crippen molar-refractivity contribution in [1.82, 2.24) is 0 Å². The third-order valence-electron chi connectivity index (χ3n) is 4.00. The number of phenols is 1. The molecule has 3 nitrogen and oxygen atoms in total. The molecule has 104 valence electrons. The maximum Gasteiger partial charge on any atom is 0.229 e. The number of hydrogen-bond acceptors (Lipinski definition) is 2. The molecule has 1 aromatic carbocycles. The zero-order valence-corrected chi connectivity index (χ0v) is 11.6. The zero-order chi connectivity index (χ0) is 13.7. The van der Waals surface area contributed by atoms with E-state index < -0.39 is 0 Å². The summed E-state index contributed by atoms with van der Waals surface area (Å²) in [5, 5.41) is 9.50. The molecule has 0 aromatic heterocycles. The van der Waals surface area contributed by atoms with E-state index in [1.165, 1.54) is 19.3 Å². The molecular formula is C16H23NO2. The summed E-state index contributed by atoms with van der Waals surface area (Å²) in [5.41, 5.74) is 0.770. The summed E-state index contributed by atoms with van der Waals surface area (Å²) in [6.07, 6.45) is 8.13. The quantitative estimate of drug-likeness (QED) is 0.881. The SMILES string of the molecule is CN(C(=O)C1CCCCCCC1)c1cccc(O)c1. The average Bonchev–Trinajstić information content (AvgIpc) is 2.37. The first-order valence-corrected chi connectivity index (χ1v) is 7.25.